The van der Waals surface area contributed by atoms with Crippen molar-refractivity contribution in [1.29, 1.82) is 0 Å². The summed E-state index contributed by atoms with van der Waals surface area (Å²) in [6, 6.07) is 7.61. The molecule has 1 unspecified atom stereocenters. The van der Waals surface area contributed by atoms with Crippen molar-refractivity contribution in [3.63, 3.8) is 0 Å². The van der Waals surface area contributed by atoms with Gasteiger partial charge in [0.15, 0.2) is 0 Å². The second-order valence-electron chi connectivity index (χ2n) is 9.40. The minimum Gasteiger partial charge on any atom is -0.833 e. The minimum absolute atomic E-state index is 0. The standard InChI is InChI=1S/C26H21F6N2O5.Na/c27-25(28,29)24(37,26(30,31)32)16-4-1-14(2-5-16)22(35)34-9-7-17-18-6-3-15(21-12-33-8-10-38-21)11-20(18)39-23(36)19(17)13-34;/h1-6,11,21,33H,7-10,12-13H2;/q-1;+1. The first-order chi connectivity index (χ1) is 18.3. The van der Waals surface area contributed by atoms with Crippen LogP contribution in [-0.4, -0.2) is 49.4 Å². The van der Waals surface area contributed by atoms with E-state index >= 15 is 0 Å². The number of nitrogens with one attached hydrogen (secondary N) is 1. The summed E-state index contributed by atoms with van der Waals surface area (Å²) >= 11 is 0. The molecule has 40 heavy (non-hydrogen) atoms. The van der Waals surface area contributed by atoms with Gasteiger partial charge in [0.2, 0.25) is 0 Å². The molecule has 2 aromatic carbocycles. The molecule has 3 aromatic rings. The third kappa shape index (κ3) is 5.30. The van der Waals surface area contributed by atoms with Crippen molar-refractivity contribution in [3.05, 3.63) is 80.7 Å². The van der Waals surface area contributed by atoms with Crippen molar-refractivity contribution in [2.45, 2.75) is 37.0 Å². The molecule has 2 aliphatic heterocycles. The van der Waals surface area contributed by atoms with Crippen LogP contribution in [0.15, 0.2) is 51.7 Å². The van der Waals surface area contributed by atoms with Crippen LogP contribution in [0.5, 0.6) is 0 Å². The first-order valence-electron chi connectivity index (χ1n) is 12.0. The van der Waals surface area contributed by atoms with Crippen LogP contribution in [-0.2, 0) is 23.3 Å². The minimum atomic E-state index is -6.15. The van der Waals surface area contributed by atoms with E-state index in [0.29, 0.717) is 41.8 Å². The Morgan fingerprint density at radius 1 is 1.00 bits per heavy atom. The third-order valence-electron chi connectivity index (χ3n) is 7.05. The number of benzene rings is 2. The summed E-state index contributed by atoms with van der Waals surface area (Å²) in [5.74, 6) is -0.723. The van der Waals surface area contributed by atoms with Crippen LogP contribution in [0.2, 0.25) is 0 Å². The Balaban J connectivity index is 0.00000370. The third-order valence-corrected chi connectivity index (χ3v) is 7.05. The van der Waals surface area contributed by atoms with Gasteiger partial charge in [-0.25, -0.2) is 4.79 Å². The fraction of sp³-hybridized carbons (Fsp3) is 0.385. The van der Waals surface area contributed by atoms with Gasteiger partial charge < -0.3 is 24.5 Å². The van der Waals surface area contributed by atoms with Crippen molar-refractivity contribution in [1.82, 2.24) is 10.2 Å². The zero-order valence-corrected chi connectivity index (χ0v) is 23.1. The number of halogens is 6. The SMILES string of the molecule is O=C(c1ccc(C([O-])(C(F)(F)F)C(F)(F)F)cc1)N1CCc2c(c(=O)oc3cc(C4CNCCO4)ccc23)C1.[Na+]. The number of carbonyl (C=O) groups excluding carboxylic acids is 1. The van der Waals surface area contributed by atoms with Crippen LogP contribution in [0.3, 0.4) is 0 Å². The summed E-state index contributed by atoms with van der Waals surface area (Å²) in [5, 5.41) is 15.8. The number of nitrogens with zero attached hydrogens (tertiary/aromatic N) is 1. The topological polar surface area (TPSA) is 94.8 Å². The van der Waals surface area contributed by atoms with E-state index in [4.69, 9.17) is 9.15 Å². The number of carbonyl (C=O) groups is 1. The second kappa shape index (κ2) is 11.1. The largest absolute Gasteiger partial charge is 1.00 e. The molecule has 1 aromatic heterocycles. The van der Waals surface area contributed by atoms with Crippen molar-refractivity contribution in [2.24, 2.45) is 0 Å². The molecule has 5 rings (SSSR count). The van der Waals surface area contributed by atoms with E-state index in [0.717, 1.165) is 24.2 Å². The molecule has 7 nitrogen and oxygen atoms in total. The number of ether oxygens (including phenoxy) is 1. The quantitative estimate of drug-likeness (QED) is 0.274. The van der Waals surface area contributed by atoms with Crippen LogP contribution in [0.4, 0.5) is 26.3 Å². The van der Waals surface area contributed by atoms with Crippen molar-refractivity contribution < 1.29 is 75.0 Å². The van der Waals surface area contributed by atoms with Crippen molar-refractivity contribution >= 4 is 16.9 Å². The van der Waals surface area contributed by atoms with Gasteiger partial charge in [-0.2, -0.15) is 26.3 Å². The molecule has 208 valence electrons. The van der Waals surface area contributed by atoms with Gasteiger partial charge in [0.25, 0.3) is 5.91 Å². The van der Waals surface area contributed by atoms with Crippen LogP contribution < -0.4 is 45.6 Å². The Morgan fingerprint density at radius 2 is 1.68 bits per heavy atom. The Morgan fingerprint density at radius 3 is 2.27 bits per heavy atom. The molecule has 0 saturated carbocycles. The number of hydrogen-bond acceptors (Lipinski definition) is 6. The first kappa shape index (κ1) is 30.5. The number of fused-ring (bicyclic) bond motifs is 3. The van der Waals surface area contributed by atoms with E-state index in [2.05, 4.69) is 5.32 Å². The maximum atomic E-state index is 13.1. The molecule has 1 saturated heterocycles. The molecule has 1 N–H and O–H groups in total. The Labute approximate surface area is 245 Å². The molecule has 1 atom stereocenters. The zero-order valence-electron chi connectivity index (χ0n) is 21.1. The molecule has 0 bridgehead atoms. The monoisotopic (exact) mass is 578 g/mol. The second-order valence-corrected chi connectivity index (χ2v) is 9.40. The normalized spacial score (nSPS) is 18.3. The number of amides is 1. The average molecular weight is 578 g/mol. The molecule has 0 aliphatic carbocycles. The van der Waals surface area contributed by atoms with Gasteiger partial charge in [0.1, 0.15) is 11.2 Å². The first-order valence-corrected chi connectivity index (χ1v) is 12.0. The van der Waals surface area contributed by atoms with Gasteiger partial charge in [-0.05, 0) is 41.3 Å². The summed E-state index contributed by atoms with van der Waals surface area (Å²) in [7, 11) is 0. The number of alkyl halides is 6. The van der Waals surface area contributed by atoms with Gasteiger partial charge in [0, 0.05) is 30.6 Å². The predicted octanol–water partition coefficient (Wildman–Crippen LogP) is 0.337. The number of morpholine rings is 1. The van der Waals surface area contributed by atoms with Crippen LogP contribution in [0.1, 0.15) is 38.7 Å². The van der Waals surface area contributed by atoms with Crippen LogP contribution in [0.25, 0.3) is 11.0 Å². The maximum absolute atomic E-state index is 13.1. The van der Waals surface area contributed by atoms with Crippen molar-refractivity contribution in [2.75, 3.05) is 26.2 Å². The Bertz CT molecular complexity index is 1450. The predicted molar refractivity (Wildman–Crippen MR) is 123 cm³/mol. The molecule has 1 fully saturated rings. The van der Waals surface area contributed by atoms with Crippen LogP contribution >= 0.6 is 0 Å². The van der Waals surface area contributed by atoms with Gasteiger partial charge in [0.05, 0.1) is 24.8 Å². The molecule has 0 radical (unpaired) electrons. The summed E-state index contributed by atoms with van der Waals surface area (Å²) in [4.78, 5) is 27.1. The van der Waals surface area contributed by atoms with E-state index in [9.17, 15) is 41.0 Å². The van der Waals surface area contributed by atoms with E-state index in [1.165, 1.54) is 4.90 Å². The molecule has 2 aliphatic rings. The molecular weight excluding hydrogens is 557 g/mol. The van der Waals surface area contributed by atoms with E-state index in [-0.39, 0.29) is 66.3 Å². The van der Waals surface area contributed by atoms with E-state index in [1.807, 2.05) is 12.1 Å². The van der Waals surface area contributed by atoms with Gasteiger partial charge in [-0.15, -0.1) is 0 Å². The zero-order chi connectivity index (χ0) is 28.2. The summed E-state index contributed by atoms with van der Waals surface area (Å²) in [6.07, 6.45) is -12.2. The summed E-state index contributed by atoms with van der Waals surface area (Å²) in [5.41, 5.74) is -5.67. The molecule has 0 spiro atoms. The molecule has 1 amide bonds. The van der Waals surface area contributed by atoms with E-state index in [1.54, 1.807) is 6.07 Å². The molecular formula is C26H21F6N2NaO5. The van der Waals surface area contributed by atoms with Gasteiger partial charge in [-0.1, -0.05) is 24.3 Å². The molecule has 3 heterocycles. The fourth-order valence-corrected chi connectivity index (χ4v) is 4.95. The average Bonchev–Trinajstić information content (AvgIpc) is 2.91. The Hall–Kier alpha value is -2.42. The smallest absolute Gasteiger partial charge is 0.833 e. The van der Waals surface area contributed by atoms with Crippen molar-refractivity contribution in [3.8, 4) is 0 Å². The summed E-state index contributed by atoms with van der Waals surface area (Å²) < 4.78 is 89.8. The summed E-state index contributed by atoms with van der Waals surface area (Å²) in [6.45, 7) is 1.88. The van der Waals surface area contributed by atoms with Gasteiger partial charge in [-0.3, -0.25) is 4.79 Å². The van der Waals surface area contributed by atoms with E-state index < -0.39 is 35.0 Å². The maximum Gasteiger partial charge on any atom is 1.00 e. The molecule has 14 heteroatoms. The Kier molecular flexibility index (Phi) is 8.48. The number of hydrogen-bond donors (Lipinski definition) is 1. The fourth-order valence-electron chi connectivity index (χ4n) is 4.95. The van der Waals surface area contributed by atoms with Gasteiger partial charge >= 0.3 is 47.5 Å². The van der Waals surface area contributed by atoms with Crippen LogP contribution in [0, 0.1) is 0 Å². The number of rotatable bonds is 3.